The summed E-state index contributed by atoms with van der Waals surface area (Å²) in [6.45, 7) is 6.77. The molecule has 0 saturated carbocycles. The first kappa shape index (κ1) is 17.0. The molecule has 0 fully saturated rings. The SMILES string of the molecule is CC(C)(C)CNC(=O)c1ccc(C#Cc2cncc(Cl)c2)cn1. The first-order chi connectivity index (χ1) is 10.8. The minimum atomic E-state index is -0.182. The molecule has 118 valence electrons. The van der Waals surface area contributed by atoms with E-state index in [1.54, 1.807) is 36.8 Å². The number of hydrogen-bond donors (Lipinski definition) is 1. The highest BCUT2D eigenvalue weighted by Crippen LogP contribution is 2.11. The van der Waals surface area contributed by atoms with Gasteiger partial charge < -0.3 is 5.32 Å². The predicted octanol–water partition coefficient (Wildman–Crippen LogP) is 3.31. The molecule has 0 spiro atoms. The van der Waals surface area contributed by atoms with Crippen molar-refractivity contribution in [3.05, 3.63) is 58.6 Å². The third-order valence-electron chi connectivity index (χ3n) is 2.83. The molecule has 0 unspecified atom stereocenters. The maximum atomic E-state index is 12.0. The zero-order valence-electron chi connectivity index (χ0n) is 13.4. The summed E-state index contributed by atoms with van der Waals surface area (Å²) in [7, 11) is 0. The number of hydrogen-bond acceptors (Lipinski definition) is 3. The van der Waals surface area contributed by atoms with Gasteiger partial charge in [0.15, 0.2) is 0 Å². The van der Waals surface area contributed by atoms with E-state index in [4.69, 9.17) is 11.6 Å². The molecule has 2 aromatic rings. The van der Waals surface area contributed by atoms with Gasteiger partial charge in [-0.3, -0.25) is 9.78 Å². The zero-order chi connectivity index (χ0) is 16.9. The molecule has 2 rings (SSSR count). The molecule has 1 N–H and O–H groups in total. The highest BCUT2D eigenvalue weighted by Gasteiger charge is 2.13. The summed E-state index contributed by atoms with van der Waals surface area (Å²) in [5.41, 5.74) is 1.86. The number of carbonyl (C=O) groups excluding carboxylic acids is 1. The van der Waals surface area contributed by atoms with Gasteiger partial charge in [0.05, 0.1) is 5.02 Å². The Morgan fingerprint density at radius 1 is 1.17 bits per heavy atom. The second-order valence-electron chi connectivity index (χ2n) is 6.32. The fourth-order valence-corrected chi connectivity index (χ4v) is 1.84. The minimum absolute atomic E-state index is 0.0338. The van der Waals surface area contributed by atoms with E-state index in [0.29, 0.717) is 17.3 Å². The van der Waals surface area contributed by atoms with Crippen LogP contribution in [0.5, 0.6) is 0 Å². The Morgan fingerprint density at radius 2 is 1.91 bits per heavy atom. The largest absolute Gasteiger partial charge is 0.350 e. The van der Waals surface area contributed by atoms with E-state index in [1.807, 2.05) is 0 Å². The van der Waals surface area contributed by atoms with E-state index in [2.05, 4.69) is 47.9 Å². The van der Waals surface area contributed by atoms with Crippen LogP contribution in [0.1, 0.15) is 42.4 Å². The average Bonchev–Trinajstić information content (AvgIpc) is 2.50. The van der Waals surface area contributed by atoms with Gasteiger partial charge in [0.1, 0.15) is 5.69 Å². The molecule has 0 saturated heterocycles. The molecular formula is C18H18ClN3O. The van der Waals surface area contributed by atoms with Crippen LogP contribution in [0.15, 0.2) is 36.8 Å². The van der Waals surface area contributed by atoms with Gasteiger partial charge in [-0.05, 0) is 23.6 Å². The van der Waals surface area contributed by atoms with Gasteiger partial charge in [0.2, 0.25) is 0 Å². The summed E-state index contributed by atoms with van der Waals surface area (Å²) in [5, 5.41) is 3.40. The number of pyridine rings is 2. The van der Waals surface area contributed by atoms with Gasteiger partial charge in [0.25, 0.3) is 5.91 Å². The second kappa shape index (κ2) is 7.26. The van der Waals surface area contributed by atoms with Crippen LogP contribution in [0.2, 0.25) is 5.02 Å². The predicted molar refractivity (Wildman–Crippen MR) is 91.3 cm³/mol. The van der Waals surface area contributed by atoms with Crippen molar-refractivity contribution in [2.45, 2.75) is 20.8 Å². The lowest BCUT2D eigenvalue weighted by Gasteiger charge is -2.18. The Balaban J connectivity index is 2.04. The molecule has 0 aromatic carbocycles. The van der Waals surface area contributed by atoms with E-state index >= 15 is 0 Å². The molecule has 0 aliphatic carbocycles. The van der Waals surface area contributed by atoms with Crippen molar-refractivity contribution >= 4 is 17.5 Å². The molecule has 4 nitrogen and oxygen atoms in total. The number of nitrogens with one attached hydrogen (secondary N) is 1. The third kappa shape index (κ3) is 5.72. The summed E-state index contributed by atoms with van der Waals surface area (Å²) in [4.78, 5) is 20.1. The molecule has 0 radical (unpaired) electrons. The highest BCUT2D eigenvalue weighted by atomic mass is 35.5. The van der Waals surface area contributed by atoms with Crippen LogP contribution in [-0.4, -0.2) is 22.4 Å². The molecule has 0 aliphatic heterocycles. The van der Waals surface area contributed by atoms with Crippen molar-refractivity contribution in [3.8, 4) is 11.8 Å². The normalized spacial score (nSPS) is 10.6. The Kier molecular flexibility index (Phi) is 5.36. The lowest BCUT2D eigenvalue weighted by atomic mass is 9.97. The van der Waals surface area contributed by atoms with E-state index < -0.39 is 0 Å². The maximum Gasteiger partial charge on any atom is 0.269 e. The summed E-state index contributed by atoms with van der Waals surface area (Å²) in [5.74, 6) is 5.74. The zero-order valence-corrected chi connectivity index (χ0v) is 14.1. The van der Waals surface area contributed by atoms with Crippen LogP contribution in [0.4, 0.5) is 0 Å². The van der Waals surface area contributed by atoms with Gasteiger partial charge >= 0.3 is 0 Å². The van der Waals surface area contributed by atoms with Gasteiger partial charge in [-0.15, -0.1) is 0 Å². The van der Waals surface area contributed by atoms with Gasteiger partial charge in [-0.1, -0.05) is 44.2 Å². The van der Waals surface area contributed by atoms with E-state index in [-0.39, 0.29) is 11.3 Å². The fraction of sp³-hybridized carbons (Fsp3) is 0.278. The van der Waals surface area contributed by atoms with Crippen LogP contribution in [0, 0.1) is 17.3 Å². The summed E-state index contributed by atoms with van der Waals surface area (Å²) < 4.78 is 0. The molecule has 0 atom stereocenters. The Bertz CT molecular complexity index is 752. The van der Waals surface area contributed by atoms with Crippen LogP contribution < -0.4 is 5.32 Å². The van der Waals surface area contributed by atoms with Gasteiger partial charge in [-0.25, -0.2) is 4.98 Å². The van der Waals surface area contributed by atoms with E-state index in [9.17, 15) is 4.79 Å². The summed E-state index contributed by atoms with van der Waals surface area (Å²) in [6, 6.07) is 5.17. The lowest BCUT2D eigenvalue weighted by molar-refractivity contribution is 0.0934. The van der Waals surface area contributed by atoms with Crippen LogP contribution in [0.25, 0.3) is 0 Å². The minimum Gasteiger partial charge on any atom is -0.350 e. The number of nitrogens with zero attached hydrogens (tertiary/aromatic N) is 2. The van der Waals surface area contributed by atoms with Gasteiger partial charge in [-0.2, -0.15) is 0 Å². The summed E-state index contributed by atoms with van der Waals surface area (Å²) >= 11 is 5.86. The molecule has 23 heavy (non-hydrogen) atoms. The number of amides is 1. The van der Waals surface area contributed by atoms with Crippen molar-refractivity contribution in [1.82, 2.24) is 15.3 Å². The van der Waals surface area contributed by atoms with Crippen molar-refractivity contribution in [3.63, 3.8) is 0 Å². The van der Waals surface area contributed by atoms with Gasteiger partial charge in [0, 0.05) is 36.3 Å². The Labute approximate surface area is 141 Å². The monoisotopic (exact) mass is 327 g/mol. The summed E-state index contributed by atoms with van der Waals surface area (Å²) in [6.07, 6.45) is 4.77. The van der Waals surface area contributed by atoms with Crippen molar-refractivity contribution in [1.29, 1.82) is 0 Å². The molecule has 2 aromatic heterocycles. The van der Waals surface area contributed by atoms with Crippen LogP contribution in [0.3, 0.4) is 0 Å². The molecule has 5 heteroatoms. The standard InChI is InChI=1S/C18H18ClN3O/c1-18(2,3)12-22-17(23)16-7-6-13(10-21-16)4-5-14-8-15(19)11-20-9-14/h6-11H,12H2,1-3H3,(H,22,23). The number of rotatable bonds is 2. The molecule has 0 aliphatic rings. The maximum absolute atomic E-state index is 12.0. The first-order valence-electron chi connectivity index (χ1n) is 7.20. The Hall–Kier alpha value is -2.38. The number of aromatic nitrogens is 2. The van der Waals surface area contributed by atoms with E-state index in [1.165, 1.54) is 0 Å². The van der Waals surface area contributed by atoms with Crippen LogP contribution >= 0.6 is 11.6 Å². The number of carbonyl (C=O) groups is 1. The Morgan fingerprint density at radius 3 is 2.52 bits per heavy atom. The van der Waals surface area contributed by atoms with Crippen molar-refractivity contribution in [2.75, 3.05) is 6.54 Å². The van der Waals surface area contributed by atoms with Crippen molar-refractivity contribution in [2.24, 2.45) is 5.41 Å². The molecule has 1 amide bonds. The fourth-order valence-electron chi connectivity index (χ4n) is 1.66. The smallest absolute Gasteiger partial charge is 0.269 e. The first-order valence-corrected chi connectivity index (χ1v) is 7.58. The van der Waals surface area contributed by atoms with Crippen LogP contribution in [-0.2, 0) is 0 Å². The van der Waals surface area contributed by atoms with E-state index in [0.717, 1.165) is 11.1 Å². The average molecular weight is 328 g/mol. The number of halogens is 1. The lowest BCUT2D eigenvalue weighted by Crippen LogP contribution is -2.32. The third-order valence-corrected chi connectivity index (χ3v) is 3.04. The topological polar surface area (TPSA) is 54.9 Å². The molecule has 2 heterocycles. The highest BCUT2D eigenvalue weighted by molar-refractivity contribution is 6.30. The quantitative estimate of drug-likeness (QED) is 0.861. The molecule has 0 bridgehead atoms. The second-order valence-corrected chi connectivity index (χ2v) is 6.75. The van der Waals surface area contributed by atoms with Crippen molar-refractivity contribution < 1.29 is 4.79 Å². The molecular weight excluding hydrogens is 310 g/mol.